The zero-order chi connectivity index (χ0) is 16.4. The highest BCUT2D eigenvalue weighted by atomic mass is 16.2. The van der Waals surface area contributed by atoms with Crippen LogP contribution < -0.4 is 5.73 Å². The first-order chi connectivity index (χ1) is 11.1. The minimum atomic E-state index is -0.0103. The number of hydrogen-bond acceptors (Lipinski definition) is 4. The molecule has 23 heavy (non-hydrogen) atoms. The number of carbonyl (C=O) groups excluding carboxylic acids is 1. The number of nitrogen functional groups attached to an aromatic ring is 1. The van der Waals surface area contributed by atoms with Crippen LogP contribution in [0.5, 0.6) is 0 Å². The van der Waals surface area contributed by atoms with Gasteiger partial charge in [0.15, 0.2) is 0 Å². The molecule has 2 heterocycles. The van der Waals surface area contributed by atoms with Crippen LogP contribution in [0.15, 0.2) is 18.2 Å². The van der Waals surface area contributed by atoms with Crippen LogP contribution in [0, 0.1) is 0 Å². The molecule has 1 aromatic heterocycles. The number of rotatable bonds is 3. The Kier molecular flexibility index (Phi) is 4.46. The van der Waals surface area contributed by atoms with Crippen LogP contribution in [-0.4, -0.2) is 33.4 Å². The third-order valence-electron chi connectivity index (χ3n) is 4.75. The van der Waals surface area contributed by atoms with E-state index in [1.807, 2.05) is 23.1 Å². The highest BCUT2D eigenvalue weighted by Crippen LogP contribution is 2.25. The van der Waals surface area contributed by atoms with Crippen LogP contribution in [-0.2, 0) is 6.42 Å². The summed E-state index contributed by atoms with van der Waals surface area (Å²) >= 11 is 0. The van der Waals surface area contributed by atoms with Crippen molar-refractivity contribution in [3.05, 3.63) is 29.5 Å². The molecule has 5 heteroatoms. The summed E-state index contributed by atoms with van der Waals surface area (Å²) in [5.41, 5.74) is 8.19. The summed E-state index contributed by atoms with van der Waals surface area (Å²) in [6.45, 7) is 5.03. The molecule has 1 fully saturated rings. The molecule has 1 saturated heterocycles. The predicted molar refractivity (Wildman–Crippen MR) is 92.3 cm³/mol. The Morgan fingerprint density at radius 3 is 2.87 bits per heavy atom. The van der Waals surface area contributed by atoms with Crippen LogP contribution >= 0.6 is 0 Å². The van der Waals surface area contributed by atoms with Gasteiger partial charge in [-0.1, -0.05) is 19.9 Å². The predicted octanol–water partition coefficient (Wildman–Crippen LogP) is 3.18. The molecule has 0 aliphatic carbocycles. The second-order valence-corrected chi connectivity index (χ2v) is 6.19. The third-order valence-corrected chi connectivity index (χ3v) is 4.75. The Morgan fingerprint density at radius 1 is 1.30 bits per heavy atom. The molecule has 1 aliphatic heterocycles. The lowest BCUT2D eigenvalue weighted by Gasteiger charge is -2.35. The average Bonchev–Trinajstić information content (AvgIpc) is 2.59. The minimum Gasteiger partial charge on any atom is -0.368 e. The number of aryl methyl sites for hydroxylation is 1. The number of amides is 1. The Balaban J connectivity index is 2.08. The Labute approximate surface area is 136 Å². The minimum absolute atomic E-state index is 0.0103. The summed E-state index contributed by atoms with van der Waals surface area (Å²) in [5.74, 6) is 0.152. The maximum Gasteiger partial charge on any atom is 0.273 e. The van der Waals surface area contributed by atoms with Gasteiger partial charge in [-0.3, -0.25) is 4.79 Å². The average molecular weight is 312 g/mol. The smallest absolute Gasteiger partial charge is 0.273 e. The van der Waals surface area contributed by atoms with Crippen molar-refractivity contribution < 1.29 is 4.79 Å². The van der Waals surface area contributed by atoms with Crippen LogP contribution in [0.1, 0.15) is 55.6 Å². The first kappa shape index (κ1) is 15.7. The SMILES string of the molecule is CCc1ccc2nc(N)nc(C(=O)N3CCCCC3CC)c2c1. The van der Waals surface area contributed by atoms with Gasteiger partial charge in [0, 0.05) is 18.0 Å². The monoisotopic (exact) mass is 312 g/mol. The number of fused-ring (bicyclic) bond motifs is 1. The van der Waals surface area contributed by atoms with Gasteiger partial charge in [0.1, 0.15) is 5.69 Å². The van der Waals surface area contributed by atoms with Crippen molar-refractivity contribution in [1.29, 1.82) is 0 Å². The van der Waals surface area contributed by atoms with Crippen LogP contribution in [0.2, 0.25) is 0 Å². The summed E-state index contributed by atoms with van der Waals surface area (Å²) in [6, 6.07) is 6.28. The van der Waals surface area contributed by atoms with Crippen molar-refractivity contribution >= 4 is 22.8 Å². The highest BCUT2D eigenvalue weighted by molar-refractivity contribution is 6.05. The number of nitrogens with zero attached hydrogens (tertiary/aromatic N) is 3. The summed E-state index contributed by atoms with van der Waals surface area (Å²) < 4.78 is 0. The first-order valence-corrected chi connectivity index (χ1v) is 8.51. The molecule has 0 spiro atoms. The molecule has 1 amide bonds. The van der Waals surface area contributed by atoms with E-state index in [0.29, 0.717) is 11.7 Å². The van der Waals surface area contributed by atoms with E-state index in [2.05, 4.69) is 23.8 Å². The van der Waals surface area contributed by atoms with Gasteiger partial charge in [-0.25, -0.2) is 9.97 Å². The summed E-state index contributed by atoms with van der Waals surface area (Å²) in [6.07, 6.45) is 5.20. The van der Waals surface area contributed by atoms with Crippen molar-refractivity contribution in [2.75, 3.05) is 12.3 Å². The van der Waals surface area contributed by atoms with E-state index < -0.39 is 0 Å². The van der Waals surface area contributed by atoms with Crippen molar-refractivity contribution in [1.82, 2.24) is 14.9 Å². The van der Waals surface area contributed by atoms with E-state index in [4.69, 9.17) is 5.73 Å². The van der Waals surface area contributed by atoms with Gasteiger partial charge in [-0.15, -0.1) is 0 Å². The molecule has 3 rings (SSSR count). The number of likely N-dealkylation sites (tertiary alicyclic amines) is 1. The maximum absolute atomic E-state index is 13.1. The molecule has 1 atom stereocenters. The number of benzene rings is 1. The lowest BCUT2D eigenvalue weighted by Crippen LogP contribution is -2.43. The molecule has 0 bridgehead atoms. The second kappa shape index (κ2) is 6.52. The van der Waals surface area contributed by atoms with Crippen LogP contribution in [0.4, 0.5) is 5.95 Å². The number of nitrogens with two attached hydrogens (primary N) is 1. The molecular formula is C18H24N4O. The number of aromatic nitrogens is 2. The number of hydrogen-bond donors (Lipinski definition) is 1. The van der Waals surface area contributed by atoms with E-state index in [0.717, 1.165) is 43.1 Å². The zero-order valence-corrected chi connectivity index (χ0v) is 13.9. The van der Waals surface area contributed by atoms with Crippen LogP contribution in [0.3, 0.4) is 0 Å². The number of piperidine rings is 1. The lowest BCUT2D eigenvalue weighted by atomic mass is 9.99. The number of carbonyl (C=O) groups is 1. The zero-order valence-electron chi connectivity index (χ0n) is 13.9. The maximum atomic E-state index is 13.1. The van der Waals surface area contributed by atoms with E-state index >= 15 is 0 Å². The Hall–Kier alpha value is -2.17. The van der Waals surface area contributed by atoms with E-state index in [1.165, 1.54) is 12.0 Å². The van der Waals surface area contributed by atoms with Crippen LogP contribution in [0.25, 0.3) is 10.9 Å². The van der Waals surface area contributed by atoms with Gasteiger partial charge >= 0.3 is 0 Å². The fourth-order valence-electron chi connectivity index (χ4n) is 3.40. The molecule has 2 N–H and O–H groups in total. The quantitative estimate of drug-likeness (QED) is 0.945. The highest BCUT2D eigenvalue weighted by Gasteiger charge is 2.28. The molecule has 1 aromatic carbocycles. The standard InChI is InChI=1S/C18H24N4O/c1-3-12-8-9-15-14(11-12)16(21-18(19)20-15)17(23)22-10-6-5-7-13(22)4-2/h8-9,11,13H,3-7,10H2,1-2H3,(H2,19,20,21). The fourth-order valence-corrected chi connectivity index (χ4v) is 3.40. The van der Waals surface area contributed by atoms with E-state index in [9.17, 15) is 4.79 Å². The van der Waals surface area contributed by atoms with Gasteiger partial charge in [-0.2, -0.15) is 0 Å². The van der Waals surface area contributed by atoms with Gasteiger partial charge in [0.25, 0.3) is 5.91 Å². The largest absolute Gasteiger partial charge is 0.368 e. The van der Waals surface area contributed by atoms with Crippen molar-refractivity contribution in [2.45, 2.75) is 52.0 Å². The molecule has 2 aromatic rings. The van der Waals surface area contributed by atoms with Gasteiger partial charge in [-0.05, 0) is 49.8 Å². The summed E-state index contributed by atoms with van der Waals surface area (Å²) in [4.78, 5) is 23.7. The summed E-state index contributed by atoms with van der Waals surface area (Å²) in [5, 5.41) is 0.809. The molecule has 1 aliphatic rings. The van der Waals surface area contributed by atoms with Crippen molar-refractivity contribution in [3.63, 3.8) is 0 Å². The molecule has 0 saturated carbocycles. The van der Waals surface area contributed by atoms with E-state index in [1.54, 1.807) is 0 Å². The summed E-state index contributed by atoms with van der Waals surface area (Å²) in [7, 11) is 0. The normalized spacial score (nSPS) is 18.3. The van der Waals surface area contributed by atoms with Gasteiger partial charge < -0.3 is 10.6 Å². The Bertz CT molecular complexity index is 728. The number of anilines is 1. The van der Waals surface area contributed by atoms with Crippen molar-refractivity contribution in [3.8, 4) is 0 Å². The Morgan fingerprint density at radius 2 is 2.13 bits per heavy atom. The first-order valence-electron chi connectivity index (χ1n) is 8.51. The molecule has 122 valence electrons. The van der Waals surface area contributed by atoms with Gasteiger partial charge in [0.2, 0.25) is 5.95 Å². The third kappa shape index (κ3) is 3.00. The van der Waals surface area contributed by atoms with Crippen molar-refractivity contribution in [2.24, 2.45) is 0 Å². The van der Waals surface area contributed by atoms with E-state index in [-0.39, 0.29) is 11.9 Å². The molecule has 0 radical (unpaired) electrons. The second-order valence-electron chi connectivity index (χ2n) is 6.19. The molecule has 1 unspecified atom stereocenters. The molecule has 5 nitrogen and oxygen atoms in total. The molecular weight excluding hydrogens is 288 g/mol. The lowest BCUT2D eigenvalue weighted by molar-refractivity contribution is 0.0604. The van der Waals surface area contributed by atoms with Gasteiger partial charge in [0.05, 0.1) is 5.52 Å². The fraction of sp³-hybridized carbons (Fsp3) is 0.500. The topological polar surface area (TPSA) is 72.1 Å².